The Bertz CT molecular complexity index is 575. The average molecular weight is 361 g/mol. The molecule has 0 bridgehead atoms. The van der Waals surface area contributed by atoms with Crippen molar-refractivity contribution in [3.05, 3.63) is 28.5 Å². The van der Waals surface area contributed by atoms with Crippen molar-refractivity contribution in [2.24, 2.45) is 0 Å². The number of anilines is 1. The van der Waals surface area contributed by atoms with Gasteiger partial charge in [0.25, 0.3) is 0 Å². The second-order valence-corrected chi connectivity index (χ2v) is 5.90. The standard InChI is InChI=1S/C13H14BrFN2O4/c1-13(21-5-11(18)19)6-17(7-13)12(20)16-8-2-3-10(15)9(14)4-8/h2-4H,5-7H2,1H3,(H,16,20)(H,18,19). The fourth-order valence-electron chi connectivity index (χ4n) is 2.01. The highest BCUT2D eigenvalue weighted by Gasteiger charge is 2.42. The molecule has 0 radical (unpaired) electrons. The third kappa shape index (κ3) is 3.92. The number of rotatable bonds is 4. The Morgan fingerprint density at radius 1 is 1.52 bits per heavy atom. The van der Waals surface area contributed by atoms with Crippen LogP contribution in [0.15, 0.2) is 22.7 Å². The quantitative estimate of drug-likeness (QED) is 0.863. The lowest BCUT2D eigenvalue weighted by Crippen LogP contribution is -2.64. The van der Waals surface area contributed by atoms with Crippen LogP contribution >= 0.6 is 15.9 Å². The maximum Gasteiger partial charge on any atom is 0.329 e. The summed E-state index contributed by atoms with van der Waals surface area (Å²) in [4.78, 5) is 23.9. The number of nitrogens with zero attached hydrogens (tertiary/aromatic N) is 1. The lowest BCUT2D eigenvalue weighted by Gasteiger charge is -2.46. The van der Waals surface area contributed by atoms with Crippen LogP contribution in [0.25, 0.3) is 0 Å². The maximum absolute atomic E-state index is 13.1. The fraction of sp³-hybridized carbons (Fsp3) is 0.385. The van der Waals surface area contributed by atoms with E-state index in [-0.39, 0.29) is 10.5 Å². The summed E-state index contributed by atoms with van der Waals surface area (Å²) in [6.07, 6.45) is 0. The largest absolute Gasteiger partial charge is 0.480 e. The summed E-state index contributed by atoms with van der Waals surface area (Å²) >= 11 is 3.04. The first-order valence-electron chi connectivity index (χ1n) is 6.16. The van der Waals surface area contributed by atoms with Crippen molar-refractivity contribution in [3.63, 3.8) is 0 Å². The van der Waals surface area contributed by atoms with Gasteiger partial charge in [0.05, 0.1) is 17.6 Å². The molecule has 1 aromatic carbocycles. The van der Waals surface area contributed by atoms with E-state index in [0.29, 0.717) is 18.8 Å². The van der Waals surface area contributed by atoms with Crippen LogP contribution in [-0.2, 0) is 9.53 Å². The van der Waals surface area contributed by atoms with Crippen LogP contribution in [0, 0.1) is 5.82 Å². The minimum absolute atomic E-state index is 0.263. The van der Waals surface area contributed by atoms with E-state index in [9.17, 15) is 14.0 Å². The van der Waals surface area contributed by atoms with Crippen LogP contribution in [0.1, 0.15) is 6.92 Å². The number of carboxylic acids is 1. The number of aliphatic carboxylic acids is 1. The number of halogens is 2. The highest BCUT2D eigenvalue weighted by molar-refractivity contribution is 9.10. The number of likely N-dealkylation sites (tertiary alicyclic amines) is 1. The van der Waals surface area contributed by atoms with Gasteiger partial charge in [0.15, 0.2) is 0 Å². The smallest absolute Gasteiger partial charge is 0.329 e. The van der Waals surface area contributed by atoms with E-state index in [4.69, 9.17) is 9.84 Å². The minimum Gasteiger partial charge on any atom is -0.480 e. The first-order valence-corrected chi connectivity index (χ1v) is 6.95. The average Bonchev–Trinajstić information content (AvgIpc) is 2.37. The second kappa shape index (κ2) is 5.98. The third-order valence-corrected chi connectivity index (χ3v) is 3.66. The molecule has 2 N–H and O–H groups in total. The number of amides is 2. The number of benzene rings is 1. The van der Waals surface area contributed by atoms with Gasteiger partial charge in [0.2, 0.25) is 0 Å². The normalized spacial score (nSPS) is 16.2. The van der Waals surface area contributed by atoms with Crippen LogP contribution in [0.4, 0.5) is 14.9 Å². The van der Waals surface area contributed by atoms with Gasteiger partial charge in [-0.3, -0.25) is 0 Å². The van der Waals surface area contributed by atoms with Gasteiger partial charge in [0.1, 0.15) is 18.0 Å². The van der Waals surface area contributed by atoms with Crippen LogP contribution in [0.2, 0.25) is 0 Å². The van der Waals surface area contributed by atoms with Gasteiger partial charge in [0, 0.05) is 5.69 Å². The number of carbonyl (C=O) groups is 2. The summed E-state index contributed by atoms with van der Waals surface area (Å²) in [5.41, 5.74) is -0.174. The molecule has 6 nitrogen and oxygen atoms in total. The van der Waals surface area contributed by atoms with Crippen LogP contribution in [0.3, 0.4) is 0 Å². The van der Waals surface area contributed by atoms with Gasteiger partial charge in [-0.25, -0.2) is 14.0 Å². The molecule has 8 heteroatoms. The molecule has 0 atom stereocenters. The molecular formula is C13H14BrFN2O4. The maximum atomic E-state index is 13.1. The number of ether oxygens (including phenoxy) is 1. The van der Waals surface area contributed by atoms with Crippen molar-refractivity contribution < 1.29 is 23.8 Å². The Hall–Kier alpha value is -1.67. The lowest BCUT2D eigenvalue weighted by atomic mass is 9.97. The van der Waals surface area contributed by atoms with E-state index in [2.05, 4.69) is 21.2 Å². The first-order chi connectivity index (χ1) is 9.79. The monoisotopic (exact) mass is 360 g/mol. The number of carbonyl (C=O) groups excluding carboxylic acids is 1. The molecule has 1 aromatic rings. The minimum atomic E-state index is -1.05. The molecule has 1 aliphatic rings. The number of hydrogen-bond acceptors (Lipinski definition) is 3. The van der Waals surface area contributed by atoms with Gasteiger partial charge in [-0.1, -0.05) is 0 Å². The van der Waals surface area contributed by atoms with Crippen molar-refractivity contribution in [1.82, 2.24) is 4.90 Å². The molecule has 21 heavy (non-hydrogen) atoms. The fourth-order valence-corrected chi connectivity index (χ4v) is 2.39. The summed E-state index contributed by atoms with van der Waals surface area (Å²) in [6.45, 7) is 1.95. The molecule has 0 aliphatic carbocycles. The summed E-state index contributed by atoms with van der Waals surface area (Å²) in [6, 6.07) is 3.82. The Balaban J connectivity index is 1.86. The van der Waals surface area contributed by atoms with Crippen molar-refractivity contribution in [3.8, 4) is 0 Å². The van der Waals surface area contributed by atoms with Crippen molar-refractivity contribution in [1.29, 1.82) is 0 Å². The van der Waals surface area contributed by atoms with Crippen molar-refractivity contribution >= 4 is 33.6 Å². The predicted molar refractivity (Wildman–Crippen MR) is 76.7 cm³/mol. The topological polar surface area (TPSA) is 78.9 Å². The first kappa shape index (κ1) is 15.7. The van der Waals surface area contributed by atoms with E-state index in [0.717, 1.165) is 0 Å². The molecular weight excluding hydrogens is 347 g/mol. The Morgan fingerprint density at radius 3 is 2.76 bits per heavy atom. The highest BCUT2D eigenvalue weighted by Crippen LogP contribution is 2.26. The zero-order chi connectivity index (χ0) is 15.6. The summed E-state index contributed by atoms with van der Waals surface area (Å²) in [5, 5.41) is 11.2. The zero-order valence-electron chi connectivity index (χ0n) is 11.2. The molecule has 1 saturated heterocycles. The number of carboxylic acid groups (broad SMARTS) is 1. The van der Waals surface area contributed by atoms with Gasteiger partial charge >= 0.3 is 12.0 Å². The third-order valence-electron chi connectivity index (χ3n) is 3.05. The number of nitrogens with one attached hydrogen (secondary N) is 1. The summed E-state index contributed by atoms with van der Waals surface area (Å²) < 4.78 is 18.6. The van der Waals surface area contributed by atoms with E-state index >= 15 is 0 Å². The van der Waals surface area contributed by atoms with Crippen molar-refractivity contribution in [2.75, 3.05) is 25.0 Å². The Morgan fingerprint density at radius 2 is 2.19 bits per heavy atom. The molecule has 0 aromatic heterocycles. The van der Waals surface area contributed by atoms with Gasteiger partial charge in [-0.2, -0.15) is 0 Å². The summed E-state index contributed by atoms with van der Waals surface area (Å²) in [7, 11) is 0. The van der Waals surface area contributed by atoms with Gasteiger partial charge < -0.3 is 20.1 Å². The molecule has 2 rings (SSSR count). The SMILES string of the molecule is CC1(OCC(=O)O)CN(C(=O)Nc2ccc(F)c(Br)c2)C1. The van der Waals surface area contributed by atoms with Crippen LogP contribution < -0.4 is 5.32 Å². The molecule has 0 spiro atoms. The zero-order valence-corrected chi connectivity index (χ0v) is 12.8. The number of hydrogen-bond donors (Lipinski definition) is 2. The molecule has 1 heterocycles. The highest BCUT2D eigenvalue weighted by atomic mass is 79.9. The van der Waals surface area contributed by atoms with E-state index in [1.54, 1.807) is 6.92 Å². The second-order valence-electron chi connectivity index (χ2n) is 5.05. The van der Waals surface area contributed by atoms with Crippen molar-refractivity contribution in [2.45, 2.75) is 12.5 Å². The number of urea groups is 1. The molecule has 2 amide bonds. The van der Waals surface area contributed by atoms with Crippen LogP contribution in [0.5, 0.6) is 0 Å². The van der Waals surface area contributed by atoms with E-state index < -0.39 is 24.0 Å². The van der Waals surface area contributed by atoms with Crippen LogP contribution in [-0.4, -0.2) is 47.3 Å². The molecule has 0 saturated carbocycles. The Labute approximate surface area is 129 Å². The van der Waals surface area contributed by atoms with Gasteiger partial charge in [-0.05, 0) is 41.1 Å². The lowest BCUT2D eigenvalue weighted by molar-refractivity contribution is -0.159. The van der Waals surface area contributed by atoms with E-state index in [1.807, 2.05) is 0 Å². The molecule has 1 fully saturated rings. The summed E-state index contributed by atoms with van der Waals surface area (Å²) in [5.74, 6) is -1.46. The predicted octanol–water partition coefficient (Wildman–Crippen LogP) is 2.30. The molecule has 1 aliphatic heterocycles. The van der Waals surface area contributed by atoms with E-state index in [1.165, 1.54) is 23.1 Å². The molecule has 0 unspecified atom stereocenters. The van der Waals surface area contributed by atoms with Gasteiger partial charge in [-0.15, -0.1) is 0 Å². The molecule has 114 valence electrons. The Kier molecular flexibility index (Phi) is 4.48.